The minimum Gasteiger partial charge on any atom is -0.467 e. The van der Waals surface area contributed by atoms with E-state index in [-0.39, 0.29) is 12.1 Å². The highest BCUT2D eigenvalue weighted by molar-refractivity contribution is 5.77. The summed E-state index contributed by atoms with van der Waals surface area (Å²) in [5, 5.41) is 2.82. The average molecular weight is 263 g/mol. The number of aromatic nitrogens is 2. The van der Waals surface area contributed by atoms with E-state index >= 15 is 0 Å². The van der Waals surface area contributed by atoms with Crippen molar-refractivity contribution in [3.63, 3.8) is 0 Å². The van der Waals surface area contributed by atoms with Crippen molar-refractivity contribution in [1.82, 2.24) is 20.2 Å². The SMILES string of the molecule is COc1nc(C)cc(N2CC(N3CCNC3=O)C2)n1. The van der Waals surface area contributed by atoms with Crippen LogP contribution in [0.4, 0.5) is 10.6 Å². The minimum atomic E-state index is 0.0427. The van der Waals surface area contributed by atoms with Crippen LogP contribution in [0.1, 0.15) is 5.69 Å². The predicted octanol–water partition coefficient (Wildman–Crippen LogP) is 0.00742. The van der Waals surface area contributed by atoms with E-state index in [2.05, 4.69) is 20.2 Å². The largest absolute Gasteiger partial charge is 0.467 e. The van der Waals surface area contributed by atoms with E-state index in [1.807, 2.05) is 17.9 Å². The van der Waals surface area contributed by atoms with E-state index in [4.69, 9.17) is 4.74 Å². The van der Waals surface area contributed by atoms with Crippen LogP contribution in [0.3, 0.4) is 0 Å². The Morgan fingerprint density at radius 3 is 2.84 bits per heavy atom. The molecule has 2 saturated heterocycles. The van der Waals surface area contributed by atoms with Gasteiger partial charge in [0.25, 0.3) is 0 Å². The smallest absolute Gasteiger partial charge is 0.318 e. The third-order valence-corrected chi connectivity index (χ3v) is 3.52. The summed E-state index contributed by atoms with van der Waals surface area (Å²) < 4.78 is 5.07. The highest BCUT2D eigenvalue weighted by Crippen LogP contribution is 2.24. The number of nitrogens with one attached hydrogen (secondary N) is 1. The molecule has 0 saturated carbocycles. The number of amides is 2. The van der Waals surface area contributed by atoms with E-state index in [1.165, 1.54) is 0 Å². The van der Waals surface area contributed by atoms with Crippen molar-refractivity contribution in [2.24, 2.45) is 0 Å². The molecule has 19 heavy (non-hydrogen) atoms. The summed E-state index contributed by atoms with van der Waals surface area (Å²) in [7, 11) is 1.56. The standard InChI is InChI=1S/C12H17N5O2/c1-8-5-10(15-11(14-8)19-2)16-6-9(7-16)17-4-3-13-12(17)18/h5,9H,3-4,6-7H2,1-2H3,(H,13,18). The molecule has 0 radical (unpaired) electrons. The fourth-order valence-electron chi connectivity index (χ4n) is 2.45. The van der Waals surface area contributed by atoms with Gasteiger partial charge in [-0.25, -0.2) is 9.78 Å². The number of hydrogen-bond donors (Lipinski definition) is 1. The van der Waals surface area contributed by atoms with Gasteiger partial charge in [-0.05, 0) is 6.92 Å². The molecule has 1 N–H and O–H groups in total. The quantitative estimate of drug-likeness (QED) is 0.831. The maximum absolute atomic E-state index is 11.6. The number of aryl methyl sites for hydroxylation is 1. The molecule has 7 heteroatoms. The molecule has 0 bridgehead atoms. The van der Waals surface area contributed by atoms with Gasteiger partial charge in [-0.15, -0.1) is 0 Å². The molecule has 1 aromatic heterocycles. The van der Waals surface area contributed by atoms with Gasteiger partial charge in [0, 0.05) is 37.9 Å². The lowest BCUT2D eigenvalue weighted by Gasteiger charge is -2.44. The number of rotatable bonds is 3. The molecular weight excluding hydrogens is 246 g/mol. The summed E-state index contributed by atoms with van der Waals surface area (Å²) in [5.41, 5.74) is 0.879. The van der Waals surface area contributed by atoms with Gasteiger partial charge in [0.05, 0.1) is 13.2 Å². The molecule has 2 aliphatic rings. The first-order valence-corrected chi connectivity index (χ1v) is 6.36. The molecule has 0 unspecified atom stereocenters. The zero-order chi connectivity index (χ0) is 13.4. The van der Waals surface area contributed by atoms with Crippen LogP contribution < -0.4 is 15.0 Å². The predicted molar refractivity (Wildman–Crippen MR) is 69.4 cm³/mol. The second-order valence-corrected chi connectivity index (χ2v) is 4.84. The monoisotopic (exact) mass is 263 g/mol. The van der Waals surface area contributed by atoms with Crippen molar-refractivity contribution >= 4 is 11.8 Å². The first kappa shape index (κ1) is 12.0. The molecule has 102 valence electrons. The van der Waals surface area contributed by atoms with Crippen molar-refractivity contribution in [2.45, 2.75) is 13.0 Å². The average Bonchev–Trinajstić information content (AvgIpc) is 2.73. The summed E-state index contributed by atoms with van der Waals surface area (Å²) in [4.78, 5) is 24.1. The van der Waals surface area contributed by atoms with Gasteiger partial charge in [0.15, 0.2) is 0 Å². The summed E-state index contributed by atoms with van der Waals surface area (Å²) in [5.74, 6) is 0.861. The lowest BCUT2D eigenvalue weighted by Crippen LogP contribution is -2.60. The number of anilines is 1. The topological polar surface area (TPSA) is 70.6 Å². The van der Waals surface area contributed by atoms with E-state index in [0.29, 0.717) is 6.01 Å². The summed E-state index contributed by atoms with van der Waals surface area (Å²) in [6.45, 7) is 5.08. The Kier molecular flexibility index (Phi) is 2.88. The zero-order valence-electron chi connectivity index (χ0n) is 11.1. The Labute approximate surface area is 111 Å². The Morgan fingerprint density at radius 2 is 2.21 bits per heavy atom. The molecule has 2 amide bonds. The maximum Gasteiger partial charge on any atom is 0.318 e. The third-order valence-electron chi connectivity index (χ3n) is 3.52. The highest BCUT2D eigenvalue weighted by Gasteiger charge is 2.37. The lowest BCUT2D eigenvalue weighted by molar-refractivity contribution is 0.185. The molecule has 7 nitrogen and oxygen atoms in total. The highest BCUT2D eigenvalue weighted by atomic mass is 16.5. The Morgan fingerprint density at radius 1 is 1.42 bits per heavy atom. The van der Waals surface area contributed by atoms with Gasteiger partial charge in [0.2, 0.25) is 0 Å². The Hall–Kier alpha value is -2.05. The zero-order valence-corrected chi connectivity index (χ0v) is 11.1. The fraction of sp³-hybridized carbons (Fsp3) is 0.583. The molecular formula is C12H17N5O2. The van der Waals surface area contributed by atoms with Gasteiger partial charge in [-0.3, -0.25) is 0 Å². The van der Waals surface area contributed by atoms with E-state index in [1.54, 1.807) is 7.11 Å². The first-order valence-electron chi connectivity index (χ1n) is 6.36. The van der Waals surface area contributed by atoms with Crippen molar-refractivity contribution in [1.29, 1.82) is 0 Å². The molecule has 2 aliphatic heterocycles. The maximum atomic E-state index is 11.6. The normalized spacial score (nSPS) is 19.4. The van der Waals surface area contributed by atoms with E-state index < -0.39 is 0 Å². The second-order valence-electron chi connectivity index (χ2n) is 4.84. The van der Waals surface area contributed by atoms with Crippen LogP contribution in [0.25, 0.3) is 0 Å². The molecule has 1 aromatic rings. The number of hydrogen-bond acceptors (Lipinski definition) is 5. The van der Waals surface area contributed by atoms with Crippen molar-refractivity contribution < 1.29 is 9.53 Å². The number of carbonyl (C=O) groups is 1. The van der Waals surface area contributed by atoms with Crippen LogP contribution in [-0.2, 0) is 0 Å². The van der Waals surface area contributed by atoms with Crippen LogP contribution in [0.2, 0.25) is 0 Å². The van der Waals surface area contributed by atoms with Gasteiger partial charge >= 0.3 is 12.0 Å². The molecule has 0 aromatic carbocycles. The van der Waals surface area contributed by atoms with E-state index in [9.17, 15) is 4.79 Å². The van der Waals surface area contributed by atoms with Crippen LogP contribution in [0, 0.1) is 6.92 Å². The van der Waals surface area contributed by atoms with Gasteiger partial charge in [0.1, 0.15) is 5.82 Å². The molecule has 3 rings (SSSR count). The fourth-order valence-corrected chi connectivity index (χ4v) is 2.45. The van der Waals surface area contributed by atoms with Crippen LogP contribution in [0.15, 0.2) is 6.07 Å². The number of ether oxygens (including phenoxy) is 1. The van der Waals surface area contributed by atoms with Gasteiger partial charge in [-0.1, -0.05) is 0 Å². The third kappa shape index (κ3) is 2.16. The molecule has 3 heterocycles. The number of carbonyl (C=O) groups excluding carboxylic acids is 1. The van der Waals surface area contributed by atoms with Crippen molar-refractivity contribution in [3.05, 3.63) is 11.8 Å². The van der Waals surface area contributed by atoms with Gasteiger partial charge in [-0.2, -0.15) is 4.98 Å². The van der Waals surface area contributed by atoms with Crippen LogP contribution >= 0.6 is 0 Å². The Balaban J connectivity index is 1.67. The van der Waals surface area contributed by atoms with Crippen molar-refractivity contribution in [3.8, 4) is 6.01 Å². The van der Waals surface area contributed by atoms with Gasteiger partial charge < -0.3 is 19.9 Å². The Bertz CT molecular complexity index is 501. The number of urea groups is 1. The van der Waals surface area contributed by atoms with E-state index in [0.717, 1.165) is 37.7 Å². The summed E-state index contributed by atoms with van der Waals surface area (Å²) in [6.07, 6.45) is 0. The first-order chi connectivity index (χ1) is 9.17. The summed E-state index contributed by atoms with van der Waals surface area (Å²) in [6, 6.07) is 2.64. The van der Waals surface area contributed by atoms with Crippen LogP contribution in [0.5, 0.6) is 6.01 Å². The second kappa shape index (κ2) is 4.56. The van der Waals surface area contributed by atoms with Crippen molar-refractivity contribution in [2.75, 3.05) is 38.2 Å². The molecule has 0 atom stereocenters. The van der Waals surface area contributed by atoms with Crippen LogP contribution in [-0.4, -0.2) is 60.2 Å². The lowest BCUT2D eigenvalue weighted by atomic mass is 10.1. The molecule has 2 fully saturated rings. The summed E-state index contributed by atoms with van der Waals surface area (Å²) >= 11 is 0. The number of nitrogens with zero attached hydrogens (tertiary/aromatic N) is 4. The molecule has 0 aliphatic carbocycles. The molecule has 0 spiro atoms. The minimum absolute atomic E-state index is 0.0427. The number of methoxy groups -OCH3 is 1.